The monoisotopic (exact) mass is 270 g/mol. The molecule has 5 N–H and O–H groups in total. The van der Waals surface area contributed by atoms with Crippen molar-refractivity contribution >= 4 is 28.7 Å². The number of amides is 1. The first-order valence-electron chi connectivity index (χ1n) is 6.21. The number of hydrogen-bond donors (Lipinski definition) is 3. The second-order valence-corrected chi connectivity index (χ2v) is 4.74. The maximum Gasteiger partial charge on any atom is 0.250 e. The summed E-state index contributed by atoms with van der Waals surface area (Å²) in [6, 6.07) is 12.8. The molecular formula is C15H18N4O. The normalized spacial score (nSPS) is 10.1. The van der Waals surface area contributed by atoms with E-state index in [9.17, 15) is 4.79 Å². The molecule has 0 aliphatic rings. The van der Waals surface area contributed by atoms with Crippen LogP contribution in [0.5, 0.6) is 0 Å². The number of benzene rings is 2. The molecule has 0 radical (unpaired) electrons. The summed E-state index contributed by atoms with van der Waals surface area (Å²) >= 11 is 0. The van der Waals surface area contributed by atoms with Crippen molar-refractivity contribution in [3.63, 3.8) is 0 Å². The number of carbonyl (C=O) groups is 1. The van der Waals surface area contributed by atoms with E-state index in [0.29, 0.717) is 16.9 Å². The summed E-state index contributed by atoms with van der Waals surface area (Å²) in [5.74, 6) is -0.490. The Bertz CT molecular complexity index is 638. The van der Waals surface area contributed by atoms with Crippen LogP contribution in [-0.4, -0.2) is 20.0 Å². The second kappa shape index (κ2) is 5.52. The quantitative estimate of drug-likeness (QED) is 0.743. The van der Waals surface area contributed by atoms with Gasteiger partial charge < -0.3 is 21.7 Å². The summed E-state index contributed by atoms with van der Waals surface area (Å²) in [6.07, 6.45) is 0. The van der Waals surface area contributed by atoms with Crippen molar-refractivity contribution in [1.82, 2.24) is 0 Å². The Morgan fingerprint density at radius 3 is 2.55 bits per heavy atom. The van der Waals surface area contributed by atoms with Gasteiger partial charge in [0, 0.05) is 31.2 Å². The van der Waals surface area contributed by atoms with E-state index in [1.807, 2.05) is 43.3 Å². The van der Waals surface area contributed by atoms with Crippen molar-refractivity contribution in [1.29, 1.82) is 0 Å². The maximum absolute atomic E-state index is 11.4. The van der Waals surface area contributed by atoms with Crippen molar-refractivity contribution in [2.24, 2.45) is 5.73 Å². The number of rotatable bonds is 4. The summed E-state index contributed by atoms with van der Waals surface area (Å²) in [5.41, 5.74) is 14.6. The summed E-state index contributed by atoms with van der Waals surface area (Å²) in [5, 5.41) is 3.18. The van der Waals surface area contributed by atoms with Gasteiger partial charge in [0.1, 0.15) is 0 Å². The lowest BCUT2D eigenvalue weighted by molar-refractivity contribution is 0.100. The van der Waals surface area contributed by atoms with E-state index in [2.05, 4.69) is 5.32 Å². The summed E-state index contributed by atoms with van der Waals surface area (Å²) in [6.45, 7) is 0. The standard InChI is InChI=1S/C15H18N4O/c1-19(2)12-5-3-4-11(9-12)18-14-8-10(16)6-7-13(14)15(17)20/h3-9,18H,16H2,1-2H3,(H2,17,20). The molecule has 0 bridgehead atoms. The molecule has 2 aromatic carbocycles. The molecular weight excluding hydrogens is 252 g/mol. The zero-order chi connectivity index (χ0) is 14.7. The Kier molecular flexibility index (Phi) is 3.79. The Hall–Kier alpha value is -2.69. The van der Waals surface area contributed by atoms with Crippen LogP contribution in [-0.2, 0) is 0 Å². The number of nitrogens with one attached hydrogen (secondary N) is 1. The Morgan fingerprint density at radius 2 is 1.90 bits per heavy atom. The number of primary amides is 1. The van der Waals surface area contributed by atoms with Gasteiger partial charge in [0.2, 0.25) is 0 Å². The Morgan fingerprint density at radius 1 is 1.15 bits per heavy atom. The second-order valence-electron chi connectivity index (χ2n) is 4.74. The number of carbonyl (C=O) groups excluding carboxylic acids is 1. The minimum absolute atomic E-state index is 0.412. The molecule has 2 aromatic rings. The van der Waals surface area contributed by atoms with Crippen molar-refractivity contribution in [2.45, 2.75) is 0 Å². The molecule has 0 unspecified atom stereocenters. The Balaban J connectivity index is 2.36. The van der Waals surface area contributed by atoms with Crippen LogP contribution in [0.2, 0.25) is 0 Å². The molecule has 1 amide bonds. The van der Waals surface area contributed by atoms with Crippen LogP contribution in [0.3, 0.4) is 0 Å². The molecule has 0 fully saturated rings. The van der Waals surface area contributed by atoms with Crippen molar-refractivity contribution in [3.05, 3.63) is 48.0 Å². The third kappa shape index (κ3) is 3.00. The van der Waals surface area contributed by atoms with Crippen molar-refractivity contribution in [3.8, 4) is 0 Å². The van der Waals surface area contributed by atoms with E-state index in [1.54, 1.807) is 18.2 Å². The van der Waals surface area contributed by atoms with Crippen LogP contribution in [0.4, 0.5) is 22.7 Å². The van der Waals surface area contributed by atoms with Gasteiger partial charge >= 0.3 is 0 Å². The molecule has 0 spiro atoms. The SMILES string of the molecule is CN(C)c1cccc(Nc2cc(N)ccc2C(N)=O)c1. The number of nitrogens with zero attached hydrogens (tertiary/aromatic N) is 1. The minimum Gasteiger partial charge on any atom is -0.399 e. The lowest BCUT2D eigenvalue weighted by atomic mass is 10.1. The molecule has 5 heteroatoms. The van der Waals surface area contributed by atoms with Gasteiger partial charge in [-0.25, -0.2) is 0 Å². The van der Waals surface area contributed by atoms with E-state index < -0.39 is 5.91 Å². The van der Waals surface area contributed by atoms with Gasteiger partial charge in [0.15, 0.2) is 0 Å². The first kappa shape index (κ1) is 13.7. The van der Waals surface area contributed by atoms with Gasteiger partial charge in [-0.1, -0.05) is 6.07 Å². The average molecular weight is 270 g/mol. The van der Waals surface area contributed by atoms with Crippen molar-refractivity contribution < 1.29 is 4.79 Å². The molecule has 2 rings (SSSR count). The molecule has 5 nitrogen and oxygen atoms in total. The number of hydrogen-bond acceptors (Lipinski definition) is 4. The van der Waals surface area contributed by atoms with Crippen LogP contribution in [0, 0.1) is 0 Å². The molecule has 0 heterocycles. The lowest BCUT2D eigenvalue weighted by Crippen LogP contribution is -2.13. The fourth-order valence-corrected chi connectivity index (χ4v) is 1.90. The highest BCUT2D eigenvalue weighted by Gasteiger charge is 2.09. The molecule has 104 valence electrons. The fourth-order valence-electron chi connectivity index (χ4n) is 1.90. The largest absolute Gasteiger partial charge is 0.399 e. The zero-order valence-corrected chi connectivity index (χ0v) is 11.6. The molecule has 0 saturated heterocycles. The minimum atomic E-state index is -0.490. The fraction of sp³-hybridized carbons (Fsp3) is 0.133. The third-order valence-electron chi connectivity index (χ3n) is 2.95. The average Bonchev–Trinajstić information content (AvgIpc) is 2.38. The molecule has 0 aromatic heterocycles. The highest BCUT2D eigenvalue weighted by Crippen LogP contribution is 2.25. The zero-order valence-electron chi connectivity index (χ0n) is 11.6. The molecule has 0 aliphatic carbocycles. The van der Waals surface area contributed by atoms with Gasteiger partial charge in [-0.3, -0.25) is 4.79 Å². The van der Waals surface area contributed by atoms with Crippen LogP contribution in [0.25, 0.3) is 0 Å². The first-order chi connectivity index (χ1) is 9.47. The van der Waals surface area contributed by atoms with E-state index in [0.717, 1.165) is 11.4 Å². The van der Waals surface area contributed by atoms with Crippen LogP contribution in [0.15, 0.2) is 42.5 Å². The van der Waals surface area contributed by atoms with E-state index in [1.165, 1.54) is 0 Å². The third-order valence-corrected chi connectivity index (χ3v) is 2.95. The number of nitrogens with two attached hydrogens (primary N) is 2. The summed E-state index contributed by atoms with van der Waals surface area (Å²) in [7, 11) is 3.93. The molecule has 0 saturated carbocycles. The first-order valence-corrected chi connectivity index (χ1v) is 6.21. The highest BCUT2D eigenvalue weighted by atomic mass is 16.1. The smallest absolute Gasteiger partial charge is 0.250 e. The van der Waals surface area contributed by atoms with Gasteiger partial charge in [0.25, 0.3) is 5.91 Å². The number of nitrogen functional groups attached to an aromatic ring is 1. The van der Waals surface area contributed by atoms with Gasteiger partial charge in [-0.15, -0.1) is 0 Å². The number of anilines is 4. The van der Waals surface area contributed by atoms with Crippen molar-refractivity contribution in [2.75, 3.05) is 30.0 Å². The Labute approximate surface area is 118 Å². The topological polar surface area (TPSA) is 84.4 Å². The van der Waals surface area contributed by atoms with Crippen LogP contribution >= 0.6 is 0 Å². The summed E-state index contributed by atoms with van der Waals surface area (Å²) < 4.78 is 0. The lowest BCUT2D eigenvalue weighted by Gasteiger charge is -2.15. The highest BCUT2D eigenvalue weighted by molar-refractivity contribution is 5.99. The molecule has 0 atom stereocenters. The maximum atomic E-state index is 11.4. The van der Waals surface area contributed by atoms with E-state index >= 15 is 0 Å². The van der Waals surface area contributed by atoms with Gasteiger partial charge in [0.05, 0.1) is 11.3 Å². The molecule has 20 heavy (non-hydrogen) atoms. The van der Waals surface area contributed by atoms with Crippen LogP contribution in [0.1, 0.15) is 10.4 Å². The predicted octanol–water partition coefficient (Wildman–Crippen LogP) is 2.18. The van der Waals surface area contributed by atoms with Gasteiger partial charge in [-0.2, -0.15) is 0 Å². The van der Waals surface area contributed by atoms with Crippen LogP contribution < -0.4 is 21.7 Å². The van der Waals surface area contributed by atoms with E-state index in [4.69, 9.17) is 11.5 Å². The van der Waals surface area contributed by atoms with E-state index in [-0.39, 0.29) is 0 Å². The molecule has 0 aliphatic heterocycles. The summed E-state index contributed by atoms with van der Waals surface area (Å²) in [4.78, 5) is 13.4. The van der Waals surface area contributed by atoms with Gasteiger partial charge in [-0.05, 0) is 36.4 Å². The predicted molar refractivity (Wildman–Crippen MR) is 83.4 cm³/mol.